The standard InChI is InChI=1S/C43H60O9/c1-4-14-34-17-19-35(20-18-34)36-21-27-39(28-22-36)52-43(47)37-23-25-38(26-24-37)48-29-10-5-6-11-30-49-41(45)16-9-13-31-50-40(44)15-8-7-12-32-51-42(46)33(2)3/h21-28,34-35H,2,4-20,29-32H2,1,3H3. The zero-order chi connectivity index (χ0) is 37.4. The summed E-state index contributed by atoms with van der Waals surface area (Å²) in [4.78, 5) is 47.8. The molecule has 9 nitrogen and oxygen atoms in total. The molecule has 0 aromatic heterocycles. The fraction of sp³-hybridized carbons (Fsp3) is 0.581. The molecule has 1 aliphatic rings. The molecule has 0 radical (unpaired) electrons. The van der Waals surface area contributed by atoms with Gasteiger partial charge in [0, 0.05) is 18.4 Å². The van der Waals surface area contributed by atoms with Crippen LogP contribution in [0.25, 0.3) is 0 Å². The highest BCUT2D eigenvalue weighted by Crippen LogP contribution is 2.38. The average Bonchev–Trinajstić information content (AvgIpc) is 3.14. The molecule has 0 N–H and O–H groups in total. The summed E-state index contributed by atoms with van der Waals surface area (Å²) in [6, 6.07) is 15.0. The van der Waals surface area contributed by atoms with Crippen molar-refractivity contribution in [1.29, 1.82) is 0 Å². The molecule has 0 heterocycles. The van der Waals surface area contributed by atoms with Crippen molar-refractivity contribution in [2.45, 2.75) is 129 Å². The third-order valence-corrected chi connectivity index (χ3v) is 9.41. The van der Waals surface area contributed by atoms with Gasteiger partial charge in [0.15, 0.2) is 0 Å². The van der Waals surface area contributed by atoms with Gasteiger partial charge in [0.25, 0.3) is 0 Å². The second-order valence-corrected chi connectivity index (χ2v) is 13.9. The Bertz CT molecular complexity index is 1360. The highest BCUT2D eigenvalue weighted by atomic mass is 16.5. The fourth-order valence-electron chi connectivity index (χ4n) is 6.33. The number of unbranched alkanes of at least 4 members (excludes halogenated alkanes) is 6. The number of ether oxygens (including phenoxy) is 5. The van der Waals surface area contributed by atoms with Gasteiger partial charge >= 0.3 is 23.9 Å². The molecular formula is C43H60O9. The minimum atomic E-state index is -0.394. The van der Waals surface area contributed by atoms with Crippen molar-refractivity contribution in [2.24, 2.45) is 5.92 Å². The minimum absolute atomic E-state index is 0.234. The lowest BCUT2D eigenvalue weighted by Gasteiger charge is -2.28. The van der Waals surface area contributed by atoms with Crippen LogP contribution in [0, 0.1) is 5.92 Å². The zero-order valence-electron chi connectivity index (χ0n) is 31.5. The molecule has 9 heteroatoms. The lowest BCUT2D eigenvalue weighted by Crippen LogP contribution is -2.13. The van der Waals surface area contributed by atoms with E-state index in [4.69, 9.17) is 23.7 Å². The van der Waals surface area contributed by atoms with Crippen molar-refractivity contribution in [3.8, 4) is 11.5 Å². The molecule has 1 saturated carbocycles. The van der Waals surface area contributed by atoms with Gasteiger partial charge in [-0.3, -0.25) is 9.59 Å². The molecule has 0 amide bonds. The SMILES string of the molecule is C=C(C)C(=O)OCCCCCC(=O)OCCCCC(=O)OCCCCCCOc1ccc(C(=O)Oc2ccc(C3CCC(CCC)CC3)cc2)cc1. The highest BCUT2D eigenvalue weighted by Gasteiger charge is 2.22. The molecule has 3 rings (SSSR count). The lowest BCUT2D eigenvalue weighted by atomic mass is 9.77. The van der Waals surface area contributed by atoms with E-state index in [1.807, 2.05) is 12.1 Å². The maximum Gasteiger partial charge on any atom is 0.343 e. The Hall–Kier alpha value is -4.14. The summed E-state index contributed by atoms with van der Waals surface area (Å²) in [6.07, 6.45) is 15.2. The monoisotopic (exact) mass is 720 g/mol. The van der Waals surface area contributed by atoms with Crippen LogP contribution in [-0.2, 0) is 28.6 Å². The van der Waals surface area contributed by atoms with Gasteiger partial charge in [0.2, 0.25) is 0 Å². The van der Waals surface area contributed by atoms with E-state index in [2.05, 4.69) is 25.6 Å². The van der Waals surface area contributed by atoms with E-state index in [0.29, 0.717) is 86.9 Å². The number of carbonyl (C=O) groups is 4. The topological polar surface area (TPSA) is 114 Å². The molecule has 2 aromatic carbocycles. The van der Waals surface area contributed by atoms with Gasteiger partial charge in [-0.25, -0.2) is 9.59 Å². The van der Waals surface area contributed by atoms with Crippen LogP contribution >= 0.6 is 0 Å². The van der Waals surface area contributed by atoms with Crippen molar-refractivity contribution >= 4 is 23.9 Å². The van der Waals surface area contributed by atoms with Crippen molar-refractivity contribution in [3.63, 3.8) is 0 Å². The van der Waals surface area contributed by atoms with Gasteiger partial charge < -0.3 is 23.7 Å². The van der Waals surface area contributed by atoms with Crippen molar-refractivity contribution in [2.75, 3.05) is 26.4 Å². The molecule has 52 heavy (non-hydrogen) atoms. The second-order valence-electron chi connectivity index (χ2n) is 13.9. The third kappa shape index (κ3) is 17.4. The van der Waals surface area contributed by atoms with Crippen LogP contribution in [-0.4, -0.2) is 50.3 Å². The lowest BCUT2D eigenvalue weighted by molar-refractivity contribution is -0.144. The Morgan fingerprint density at radius 2 is 1.15 bits per heavy atom. The average molecular weight is 721 g/mol. The van der Waals surface area contributed by atoms with E-state index in [-0.39, 0.29) is 24.5 Å². The van der Waals surface area contributed by atoms with Crippen LogP contribution in [0.15, 0.2) is 60.7 Å². The Balaban J connectivity index is 1.14. The van der Waals surface area contributed by atoms with Crippen LogP contribution in [0.2, 0.25) is 0 Å². The summed E-state index contributed by atoms with van der Waals surface area (Å²) in [5, 5.41) is 0. The quantitative estimate of drug-likeness (QED) is 0.0325. The molecule has 0 bridgehead atoms. The molecule has 0 spiro atoms. The summed E-state index contributed by atoms with van der Waals surface area (Å²) in [5.41, 5.74) is 2.19. The van der Waals surface area contributed by atoms with Crippen LogP contribution in [0.5, 0.6) is 11.5 Å². The molecule has 1 fully saturated rings. The third-order valence-electron chi connectivity index (χ3n) is 9.41. The van der Waals surface area contributed by atoms with Gasteiger partial charge in [-0.1, -0.05) is 38.5 Å². The van der Waals surface area contributed by atoms with E-state index in [1.165, 1.54) is 44.1 Å². The van der Waals surface area contributed by atoms with Crippen LogP contribution in [0.4, 0.5) is 0 Å². The van der Waals surface area contributed by atoms with Crippen LogP contribution in [0.3, 0.4) is 0 Å². The fourth-order valence-corrected chi connectivity index (χ4v) is 6.33. The molecule has 1 aliphatic carbocycles. The Kier molecular flexibility index (Phi) is 20.3. The summed E-state index contributed by atoms with van der Waals surface area (Å²) in [5.74, 6) is 1.48. The van der Waals surface area contributed by atoms with Crippen LogP contribution < -0.4 is 9.47 Å². The van der Waals surface area contributed by atoms with E-state index in [1.54, 1.807) is 31.2 Å². The molecule has 0 atom stereocenters. The van der Waals surface area contributed by atoms with Crippen LogP contribution in [0.1, 0.15) is 145 Å². The van der Waals surface area contributed by atoms with Crippen molar-refractivity contribution < 1.29 is 42.9 Å². The Morgan fingerprint density at radius 3 is 1.75 bits per heavy atom. The normalized spacial score (nSPS) is 15.3. The minimum Gasteiger partial charge on any atom is -0.494 e. The summed E-state index contributed by atoms with van der Waals surface area (Å²) >= 11 is 0. The molecule has 0 saturated heterocycles. The Morgan fingerprint density at radius 1 is 0.635 bits per heavy atom. The molecule has 0 aliphatic heterocycles. The Labute approximate surface area is 310 Å². The predicted octanol–water partition coefficient (Wildman–Crippen LogP) is 9.86. The number of rotatable bonds is 25. The number of hydrogen-bond acceptors (Lipinski definition) is 9. The molecule has 0 unspecified atom stereocenters. The van der Waals surface area contributed by atoms with Gasteiger partial charge in [0.05, 0.1) is 32.0 Å². The smallest absolute Gasteiger partial charge is 0.343 e. The van der Waals surface area contributed by atoms with E-state index in [0.717, 1.165) is 38.0 Å². The summed E-state index contributed by atoms with van der Waals surface area (Å²) in [7, 11) is 0. The van der Waals surface area contributed by atoms with E-state index < -0.39 is 5.97 Å². The van der Waals surface area contributed by atoms with E-state index in [9.17, 15) is 19.2 Å². The van der Waals surface area contributed by atoms with Gasteiger partial charge in [-0.2, -0.15) is 0 Å². The largest absolute Gasteiger partial charge is 0.494 e. The first-order chi connectivity index (χ1) is 25.2. The molecule has 286 valence electrons. The summed E-state index contributed by atoms with van der Waals surface area (Å²) < 4.78 is 27.0. The first-order valence-corrected chi connectivity index (χ1v) is 19.4. The first-order valence-electron chi connectivity index (χ1n) is 19.4. The molecule has 2 aromatic rings. The number of carbonyl (C=O) groups excluding carboxylic acids is 4. The zero-order valence-corrected chi connectivity index (χ0v) is 31.5. The maximum atomic E-state index is 12.7. The summed E-state index contributed by atoms with van der Waals surface area (Å²) in [6.45, 7) is 8.96. The second kappa shape index (κ2) is 24.9. The number of benzene rings is 2. The predicted molar refractivity (Wildman–Crippen MR) is 201 cm³/mol. The number of hydrogen-bond donors (Lipinski definition) is 0. The van der Waals surface area contributed by atoms with Crippen molar-refractivity contribution in [3.05, 3.63) is 71.8 Å². The first kappa shape index (κ1) is 42.3. The van der Waals surface area contributed by atoms with Gasteiger partial charge in [-0.15, -0.1) is 0 Å². The highest BCUT2D eigenvalue weighted by molar-refractivity contribution is 5.91. The molecular weight excluding hydrogens is 660 g/mol. The van der Waals surface area contributed by atoms with E-state index >= 15 is 0 Å². The number of esters is 4. The maximum absolute atomic E-state index is 12.7. The van der Waals surface area contributed by atoms with Gasteiger partial charge in [0.1, 0.15) is 11.5 Å². The van der Waals surface area contributed by atoms with Crippen molar-refractivity contribution in [1.82, 2.24) is 0 Å². The van der Waals surface area contributed by atoms with Gasteiger partial charge in [-0.05, 0) is 144 Å².